The fourth-order valence-corrected chi connectivity index (χ4v) is 1.67. The molecule has 2 aromatic heterocycles. The zero-order chi connectivity index (χ0) is 8.72. The van der Waals surface area contributed by atoms with Gasteiger partial charge in [0, 0.05) is 12.4 Å². The lowest BCUT2D eigenvalue weighted by atomic mass is 10.1. The Hall–Kier alpha value is -1.24. The van der Waals surface area contributed by atoms with Gasteiger partial charge in [-0.3, -0.25) is 0 Å². The van der Waals surface area contributed by atoms with E-state index in [2.05, 4.69) is 49.7 Å². The molecule has 0 aliphatic carbocycles. The summed E-state index contributed by atoms with van der Waals surface area (Å²) in [6.45, 7) is 6.49. The Morgan fingerprint density at radius 3 is 2.17 bits per heavy atom. The number of aryl methyl sites for hydroxylation is 3. The highest BCUT2D eigenvalue weighted by Gasteiger charge is 2.02. The van der Waals surface area contributed by atoms with E-state index >= 15 is 0 Å². The van der Waals surface area contributed by atoms with Crippen LogP contribution in [-0.2, 0) is 0 Å². The van der Waals surface area contributed by atoms with Gasteiger partial charge >= 0.3 is 0 Å². The fourth-order valence-electron chi connectivity index (χ4n) is 1.67. The molecule has 0 aliphatic rings. The Morgan fingerprint density at radius 1 is 0.917 bits per heavy atom. The molecule has 62 valence electrons. The number of nitrogens with zero attached hydrogens (tertiary/aromatic N) is 1. The van der Waals surface area contributed by atoms with Gasteiger partial charge in [-0.15, -0.1) is 0 Å². The Labute approximate surface area is 72.6 Å². The zero-order valence-corrected chi connectivity index (χ0v) is 7.76. The summed E-state index contributed by atoms with van der Waals surface area (Å²) in [5, 5.41) is 0. The van der Waals surface area contributed by atoms with Crippen molar-refractivity contribution in [2.45, 2.75) is 20.8 Å². The van der Waals surface area contributed by atoms with Crippen molar-refractivity contribution in [3.05, 3.63) is 41.2 Å². The van der Waals surface area contributed by atoms with Crippen LogP contribution in [0.3, 0.4) is 0 Å². The van der Waals surface area contributed by atoms with Crippen LogP contribution in [0, 0.1) is 20.8 Å². The summed E-state index contributed by atoms with van der Waals surface area (Å²) in [6, 6.07) is 4.31. The third kappa shape index (κ3) is 0.860. The summed E-state index contributed by atoms with van der Waals surface area (Å²) in [5.74, 6) is 0. The van der Waals surface area contributed by atoms with Crippen LogP contribution < -0.4 is 0 Å². The van der Waals surface area contributed by atoms with Crippen LogP contribution in [0.2, 0.25) is 0 Å². The van der Waals surface area contributed by atoms with Crippen LogP contribution >= 0.6 is 0 Å². The van der Waals surface area contributed by atoms with Gasteiger partial charge in [0.15, 0.2) is 0 Å². The molecule has 0 N–H and O–H groups in total. The molecule has 0 bridgehead atoms. The summed E-state index contributed by atoms with van der Waals surface area (Å²) >= 11 is 0. The van der Waals surface area contributed by atoms with Crippen LogP contribution in [0.1, 0.15) is 16.7 Å². The van der Waals surface area contributed by atoms with Gasteiger partial charge in [0.1, 0.15) is 0 Å². The quantitative estimate of drug-likeness (QED) is 0.556. The normalized spacial score (nSPS) is 10.9. The van der Waals surface area contributed by atoms with E-state index in [1.165, 1.54) is 22.2 Å². The Bertz CT molecular complexity index is 424. The molecule has 2 rings (SSSR count). The van der Waals surface area contributed by atoms with Crippen LogP contribution in [0.15, 0.2) is 24.5 Å². The molecule has 2 aromatic rings. The first-order valence-corrected chi connectivity index (χ1v) is 4.23. The number of rotatable bonds is 0. The summed E-state index contributed by atoms with van der Waals surface area (Å²) < 4.78 is 2.18. The van der Waals surface area contributed by atoms with E-state index in [0.29, 0.717) is 0 Å². The summed E-state index contributed by atoms with van der Waals surface area (Å²) in [6.07, 6.45) is 4.22. The molecule has 1 nitrogen and oxygen atoms in total. The van der Waals surface area contributed by atoms with Crippen LogP contribution in [-0.4, -0.2) is 4.40 Å². The van der Waals surface area contributed by atoms with Gasteiger partial charge in [0.2, 0.25) is 0 Å². The number of aromatic nitrogens is 1. The topological polar surface area (TPSA) is 4.41 Å². The monoisotopic (exact) mass is 159 g/mol. The second-order valence-electron chi connectivity index (χ2n) is 3.38. The Balaban J connectivity index is 2.96. The SMILES string of the molecule is Cc1ccn2ccc(C)c2c1C. The van der Waals surface area contributed by atoms with Crippen molar-refractivity contribution in [3.8, 4) is 0 Å². The van der Waals surface area contributed by atoms with Crippen molar-refractivity contribution in [1.82, 2.24) is 4.40 Å². The van der Waals surface area contributed by atoms with Gasteiger partial charge in [0.05, 0.1) is 5.52 Å². The van der Waals surface area contributed by atoms with E-state index in [0.717, 1.165) is 0 Å². The molecule has 0 amide bonds. The molecule has 0 fully saturated rings. The third-order valence-corrected chi connectivity index (χ3v) is 2.55. The molecule has 1 heteroatoms. The molecule has 0 spiro atoms. The van der Waals surface area contributed by atoms with Gasteiger partial charge in [-0.1, -0.05) is 0 Å². The first-order valence-electron chi connectivity index (χ1n) is 4.23. The molecule has 0 saturated carbocycles. The lowest BCUT2D eigenvalue weighted by Crippen LogP contribution is -1.89. The highest BCUT2D eigenvalue weighted by molar-refractivity contribution is 5.62. The van der Waals surface area contributed by atoms with Gasteiger partial charge < -0.3 is 4.40 Å². The average Bonchev–Trinajstić information content (AvgIpc) is 2.41. The first kappa shape index (κ1) is 7.41. The molecule has 2 heterocycles. The minimum Gasteiger partial charge on any atom is -0.323 e. The minimum atomic E-state index is 1.36. The largest absolute Gasteiger partial charge is 0.323 e. The van der Waals surface area contributed by atoms with Crippen molar-refractivity contribution in [3.63, 3.8) is 0 Å². The molecular weight excluding hydrogens is 146 g/mol. The standard InChI is InChI=1S/C11H13N/c1-8-4-6-12-7-5-9(2)11(12)10(8)3/h4-7H,1-3H3. The maximum absolute atomic E-state index is 2.18. The molecular formula is C11H13N. The molecule has 0 aliphatic heterocycles. The molecule has 0 atom stereocenters. The van der Waals surface area contributed by atoms with E-state index in [1.54, 1.807) is 0 Å². The minimum absolute atomic E-state index is 1.36. The maximum atomic E-state index is 2.18. The summed E-state index contributed by atoms with van der Waals surface area (Å²) in [5.41, 5.74) is 5.47. The second kappa shape index (κ2) is 2.37. The van der Waals surface area contributed by atoms with Crippen molar-refractivity contribution in [2.75, 3.05) is 0 Å². The van der Waals surface area contributed by atoms with Crippen molar-refractivity contribution < 1.29 is 0 Å². The van der Waals surface area contributed by atoms with Crippen molar-refractivity contribution >= 4 is 5.52 Å². The van der Waals surface area contributed by atoms with Crippen molar-refractivity contribution in [2.24, 2.45) is 0 Å². The molecule has 0 radical (unpaired) electrons. The van der Waals surface area contributed by atoms with E-state index in [-0.39, 0.29) is 0 Å². The van der Waals surface area contributed by atoms with Crippen LogP contribution in [0.5, 0.6) is 0 Å². The summed E-state index contributed by atoms with van der Waals surface area (Å²) in [4.78, 5) is 0. The number of hydrogen-bond acceptors (Lipinski definition) is 0. The Kier molecular flexibility index (Phi) is 1.47. The molecule has 0 aromatic carbocycles. The lowest BCUT2D eigenvalue weighted by molar-refractivity contribution is 1.15. The smallest absolute Gasteiger partial charge is 0.0510 e. The first-order chi connectivity index (χ1) is 5.70. The van der Waals surface area contributed by atoms with Gasteiger partial charge in [-0.25, -0.2) is 0 Å². The Morgan fingerprint density at radius 2 is 1.50 bits per heavy atom. The fraction of sp³-hybridized carbons (Fsp3) is 0.273. The summed E-state index contributed by atoms with van der Waals surface area (Å²) in [7, 11) is 0. The van der Waals surface area contributed by atoms with Crippen LogP contribution in [0.4, 0.5) is 0 Å². The average molecular weight is 159 g/mol. The van der Waals surface area contributed by atoms with Gasteiger partial charge in [0.25, 0.3) is 0 Å². The molecule has 12 heavy (non-hydrogen) atoms. The van der Waals surface area contributed by atoms with Gasteiger partial charge in [-0.05, 0) is 49.6 Å². The number of hydrogen-bond donors (Lipinski definition) is 0. The third-order valence-electron chi connectivity index (χ3n) is 2.55. The predicted molar refractivity (Wildman–Crippen MR) is 51.6 cm³/mol. The maximum Gasteiger partial charge on any atom is 0.0510 e. The number of fused-ring (bicyclic) bond motifs is 1. The highest BCUT2D eigenvalue weighted by Crippen LogP contribution is 2.18. The van der Waals surface area contributed by atoms with E-state index in [4.69, 9.17) is 0 Å². The van der Waals surface area contributed by atoms with Crippen LogP contribution in [0.25, 0.3) is 5.52 Å². The van der Waals surface area contributed by atoms with Gasteiger partial charge in [-0.2, -0.15) is 0 Å². The molecule has 0 unspecified atom stereocenters. The van der Waals surface area contributed by atoms with Crippen molar-refractivity contribution in [1.29, 1.82) is 0 Å². The zero-order valence-electron chi connectivity index (χ0n) is 7.76. The van der Waals surface area contributed by atoms with E-state index < -0.39 is 0 Å². The van der Waals surface area contributed by atoms with E-state index in [9.17, 15) is 0 Å². The number of pyridine rings is 1. The molecule has 0 saturated heterocycles. The highest BCUT2D eigenvalue weighted by atomic mass is 14.9. The second-order valence-corrected chi connectivity index (χ2v) is 3.38. The lowest BCUT2D eigenvalue weighted by Gasteiger charge is -2.03. The van der Waals surface area contributed by atoms with E-state index in [1.807, 2.05) is 0 Å². The predicted octanol–water partition coefficient (Wildman–Crippen LogP) is 2.86.